The number of aryl methyl sites for hydroxylation is 2. The Kier molecular flexibility index (Phi) is 5.59. The number of nitrogens with one attached hydrogen (secondary N) is 1. The highest BCUT2D eigenvalue weighted by Crippen LogP contribution is 2.39. The van der Waals surface area contributed by atoms with Crippen LogP contribution in [-0.4, -0.2) is 41.7 Å². The van der Waals surface area contributed by atoms with Crippen molar-refractivity contribution in [1.29, 1.82) is 0 Å². The summed E-state index contributed by atoms with van der Waals surface area (Å²) in [5.41, 5.74) is 2.21. The van der Waals surface area contributed by atoms with Gasteiger partial charge in [-0.1, -0.05) is 55.5 Å². The van der Waals surface area contributed by atoms with Crippen molar-refractivity contribution in [3.8, 4) is 0 Å². The van der Waals surface area contributed by atoms with Gasteiger partial charge in [-0.05, 0) is 42.4 Å². The number of hydrogen-bond donors (Lipinski definition) is 1. The van der Waals surface area contributed by atoms with Gasteiger partial charge in [-0.2, -0.15) is 0 Å². The Morgan fingerprint density at radius 2 is 1.84 bits per heavy atom. The molecule has 1 spiro atoms. The minimum atomic E-state index is -1.14. The summed E-state index contributed by atoms with van der Waals surface area (Å²) in [4.78, 5) is 51.2. The molecule has 2 aromatic rings. The molecule has 2 aromatic carbocycles. The van der Waals surface area contributed by atoms with Crippen LogP contribution in [0.3, 0.4) is 0 Å². The van der Waals surface area contributed by atoms with Gasteiger partial charge < -0.3 is 10.1 Å². The van der Waals surface area contributed by atoms with Gasteiger partial charge in [-0.3, -0.25) is 19.3 Å². The van der Waals surface area contributed by atoms with Gasteiger partial charge in [0.25, 0.3) is 5.91 Å². The number of carbonyl (C=O) groups excluding carboxylic acids is 4. The number of imide groups is 1. The number of amides is 3. The van der Waals surface area contributed by atoms with Gasteiger partial charge in [0.1, 0.15) is 12.1 Å². The minimum Gasteiger partial charge on any atom is -0.456 e. The second-order valence-corrected chi connectivity index (χ2v) is 7.87. The maximum atomic E-state index is 13.2. The first-order valence-corrected chi connectivity index (χ1v) is 10.4. The normalized spacial score (nSPS) is 19.8. The molecule has 7 heteroatoms. The zero-order valence-electron chi connectivity index (χ0n) is 17.3. The van der Waals surface area contributed by atoms with E-state index in [-0.39, 0.29) is 5.78 Å². The third-order valence-corrected chi connectivity index (χ3v) is 5.99. The summed E-state index contributed by atoms with van der Waals surface area (Å²) in [6.07, 6.45) is 2.94. The number of ether oxygens (including phenoxy) is 1. The van der Waals surface area contributed by atoms with E-state index in [1.54, 1.807) is 12.1 Å². The lowest BCUT2D eigenvalue weighted by atomic mass is 9.76. The highest BCUT2D eigenvalue weighted by atomic mass is 16.5. The molecule has 0 radical (unpaired) electrons. The summed E-state index contributed by atoms with van der Waals surface area (Å²) in [5, 5.41) is 2.79. The second kappa shape index (κ2) is 8.34. The molecular formula is C24H24N2O5. The fourth-order valence-corrected chi connectivity index (χ4v) is 4.29. The number of rotatable bonds is 6. The molecule has 3 amide bonds. The molecule has 0 saturated carbocycles. The summed E-state index contributed by atoms with van der Waals surface area (Å²) in [6.45, 7) is 1.04. The van der Waals surface area contributed by atoms with Crippen LogP contribution >= 0.6 is 0 Å². The molecule has 4 rings (SSSR count). The maximum absolute atomic E-state index is 13.2. The van der Waals surface area contributed by atoms with E-state index in [4.69, 9.17) is 4.74 Å². The Morgan fingerprint density at radius 3 is 2.58 bits per heavy atom. The van der Waals surface area contributed by atoms with E-state index in [9.17, 15) is 19.2 Å². The van der Waals surface area contributed by atoms with E-state index in [0.29, 0.717) is 12.0 Å². The summed E-state index contributed by atoms with van der Waals surface area (Å²) in [5.74, 6) is -1.60. The van der Waals surface area contributed by atoms with E-state index < -0.39 is 36.6 Å². The quantitative estimate of drug-likeness (QED) is 0.441. The number of fused-ring (bicyclic) bond motifs is 2. The van der Waals surface area contributed by atoms with Gasteiger partial charge in [0, 0.05) is 5.56 Å². The van der Waals surface area contributed by atoms with E-state index in [0.717, 1.165) is 40.9 Å². The van der Waals surface area contributed by atoms with Crippen LogP contribution in [-0.2, 0) is 32.7 Å². The largest absolute Gasteiger partial charge is 0.456 e. The Bertz CT molecular complexity index is 1050. The lowest BCUT2D eigenvalue weighted by molar-refractivity contribution is -0.147. The van der Waals surface area contributed by atoms with Crippen molar-refractivity contribution in [2.75, 3.05) is 13.2 Å². The van der Waals surface area contributed by atoms with Gasteiger partial charge in [0.05, 0.1) is 0 Å². The van der Waals surface area contributed by atoms with Crippen molar-refractivity contribution < 1.29 is 23.9 Å². The lowest BCUT2D eigenvalue weighted by Gasteiger charge is -2.33. The number of esters is 1. The van der Waals surface area contributed by atoms with Gasteiger partial charge in [-0.15, -0.1) is 0 Å². The van der Waals surface area contributed by atoms with Crippen molar-refractivity contribution in [2.45, 2.75) is 38.1 Å². The number of carbonyl (C=O) groups is 4. The summed E-state index contributed by atoms with van der Waals surface area (Å²) >= 11 is 0. The number of urea groups is 1. The molecule has 0 bridgehead atoms. The van der Waals surface area contributed by atoms with E-state index in [1.807, 2.05) is 43.3 Å². The van der Waals surface area contributed by atoms with Crippen molar-refractivity contribution >= 4 is 23.7 Å². The second-order valence-electron chi connectivity index (χ2n) is 7.87. The first-order valence-electron chi connectivity index (χ1n) is 10.4. The topological polar surface area (TPSA) is 92.8 Å². The fourth-order valence-electron chi connectivity index (χ4n) is 4.29. The predicted molar refractivity (Wildman–Crippen MR) is 112 cm³/mol. The Morgan fingerprint density at radius 1 is 1.10 bits per heavy atom. The monoisotopic (exact) mass is 420 g/mol. The molecule has 1 N–H and O–H groups in total. The highest BCUT2D eigenvalue weighted by molar-refractivity contribution is 6.09. The van der Waals surface area contributed by atoms with Crippen molar-refractivity contribution in [2.24, 2.45) is 0 Å². The van der Waals surface area contributed by atoms with Crippen molar-refractivity contribution in [3.63, 3.8) is 0 Å². The fraction of sp³-hybridized carbons (Fsp3) is 0.333. The van der Waals surface area contributed by atoms with Crippen LogP contribution in [0.25, 0.3) is 0 Å². The number of ketones is 1. The van der Waals surface area contributed by atoms with Gasteiger partial charge >= 0.3 is 12.0 Å². The van der Waals surface area contributed by atoms with Crippen LogP contribution < -0.4 is 5.32 Å². The Balaban J connectivity index is 1.40. The van der Waals surface area contributed by atoms with Gasteiger partial charge in [0.15, 0.2) is 12.4 Å². The molecule has 1 aliphatic heterocycles. The molecule has 1 fully saturated rings. The molecule has 2 aliphatic rings. The molecule has 0 aromatic heterocycles. The van der Waals surface area contributed by atoms with Gasteiger partial charge in [0.2, 0.25) is 0 Å². The van der Waals surface area contributed by atoms with Gasteiger partial charge in [-0.25, -0.2) is 4.79 Å². The molecule has 1 saturated heterocycles. The van der Waals surface area contributed by atoms with E-state index in [1.165, 1.54) is 0 Å². The molecular weight excluding hydrogens is 396 g/mol. The molecule has 7 nitrogen and oxygen atoms in total. The molecule has 31 heavy (non-hydrogen) atoms. The zero-order valence-corrected chi connectivity index (χ0v) is 17.3. The van der Waals surface area contributed by atoms with Crippen LogP contribution in [0.4, 0.5) is 4.79 Å². The average Bonchev–Trinajstić information content (AvgIpc) is 3.02. The zero-order chi connectivity index (χ0) is 22.0. The number of hydrogen-bond acceptors (Lipinski definition) is 5. The van der Waals surface area contributed by atoms with Crippen LogP contribution in [0.15, 0.2) is 48.5 Å². The Labute approximate surface area is 180 Å². The summed E-state index contributed by atoms with van der Waals surface area (Å²) in [6, 6.07) is 14.0. The molecule has 1 atom stereocenters. The van der Waals surface area contributed by atoms with Crippen LogP contribution in [0.5, 0.6) is 0 Å². The molecule has 1 heterocycles. The smallest absolute Gasteiger partial charge is 0.326 e. The standard InChI is InChI=1S/C24H24N2O5/c1-2-16-9-11-18(12-10-16)20(27)15-31-21(28)14-26-22(29)24(25-23(26)30)13-5-7-17-6-3-4-8-19(17)24/h3-4,6,8-12H,2,5,7,13-15H2,1H3,(H,25,30)/t24-/m1/s1. The highest BCUT2D eigenvalue weighted by Gasteiger charge is 2.54. The number of nitrogens with zero attached hydrogens (tertiary/aromatic N) is 1. The van der Waals surface area contributed by atoms with Crippen LogP contribution in [0.2, 0.25) is 0 Å². The first kappa shape index (κ1) is 20.8. The first-order chi connectivity index (χ1) is 14.9. The number of Topliss-reactive ketones (excluding diaryl/α,β-unsaturated/α-hetero) is 1. The average molecular weight is 420 g/mol. The third-order valence-electron chi connectivity index (χ3n) is 5.99. The van der Waals surface area contributed by atoms with E-state index in [2.05, 4.69) is 5.32 Å². The lowest BCUT2D eigenvalue weighted by Crippen LogP contribution is -2.46. The maximum Gasteiger partial charge on any atom is 0.326 e. The third kappa shape index (κ3) is 3.83. The molecule has 0 unspecified atom stereocenters. The SMILES string of the molecule is CCc1ccc(C(=O)COC(=O)CN2C(=O)N[C@@]3(CCCc4ccccc43)C2=O)cc1. The van der Waals surface area contributed by atoms with Crippen molar-refractivity contribution in [3.05, 3.63) is 70.8 Å². The minimum absolute atomic E-state index is 0.342. The summed E-state index contributed by atoms with van der Waals surface area (Å²) in [7, 11) is 0. The molecule has 1 aliphatic carbocycles. The Hall–Kier alpha value is -3.48. The van der Waals surface area contributed by atoms with Crippen LogP contribution in [0.1, 0.15) is 46.8 Å². The summed E-state index contributed by atoms with van der Waals surface area (Å²) < 4.78 is 5.06. The molecule has 160 valence electrons. The predicted octanol–water partition coefficient (Wildman–Crippen LogP) is 2.76. The number of benzene rings is 2. The van der Waals surface area contributed by atoms with E-state index >= 15 is 0 Å². The van der Waals surface area contributed by atoms with Crippen molar-refractivity contribution in [1.82, 2.24) is 10.2 Å². The van der Waals surface area contributed by atoms with Crippen LogP contribution in [0, 0.1) is 0 Å².